The Hall–Kier alpha value is -0.490. The Bertz CT molecular complexity index is 416. The average molecular weight is 317 g/mol. The summed E-state index contributed by atoms with van der Waals surface area (Å²) in [6, 6.07) is 5.37. The SMILES string of the molecule is COCCN1CCC(N)C1c1ccc(F)c(Br)c1. The molecule has 1 aromatic rings. The van der Waals surface area contributed by atoms with Crippen molar-refractivity contribution >= 4 is 15.9 Å². The lowest BCUT2D eigenvalue weighted by molar-refractivity contribution is 0.139. The molecular formula is C13H18BrFN2O. The normalized spacial score (nSPS) is 24.7. The van der Waals surface area contributed by atoms with E-state index in [1.54, 1.807) is 7.11 Å². The zero-order chi connectivity index (χ0) is 13.1. The standard InChI is InChI=1S/C13H18BrFN2O/c1-18-7-6-17-5-4-12(16)13(17)9-2-3-11(15)10(14)8-9/h2-3,8,12-13H,4-7,16H2,1H3. The van der Waals surface area contributed by atoms with Crippen LogP contribution in [0.5, 0.6) is 0 Å². The highest BCUT2D eigenvalue weighted by molar-refractivity contribution is 9.10. The Kier molecular flexibility index (Phi) is 4.72. The van der Waals surface area contributed by atoms with Crippen molar-refractivity contribution < 1.29 is 9.13 Å². The van der Waals surface area contributed by atoms with E-state index < -0.39 is 0 Å². The van der Waals surface area contributed by atoms with Crippen LogP contribution in [-0.4, -0.2) is 37.7 Å². The second-order valence-electron chi connectivity index (χ2n) is 4.60. The summed E-state index contributed by atoms with van der Waals surface area (Å²) < 4.78 is 18.9. The number of benzene rings is 1. The van der Waals surface area contributed by atoms with E-state index in [1.165, 1.54) is 6.07 Å². The van der Waals surface area contributed by atoms with E-state index in [4.69, 9.17) is 10.5 Å². The second kappa shape index (κ2) is 6.10. The molecule has 0 radical (unpaired) electrons. The molecule has 0 aliphatic carbocycles. The van der Waals surface area contributed by atoms with Crippen molar-refractivity contribution in [3.63, 3.8) is 0 Å². The van der Waals surface area contributed by atoms with Gasteiger partial charge in [-0.1, -0.05) is 6.07 Å². The first-order valence-electron chi connectivity index (χ1n) is 6.07. The molecule has 3 nitrogen and oxygen atoms in total. The summed E-state index contributed by atoms with van der Waals surface area (Å²) in [5.74, 6) is -0.242. The number of hydrogen-bond donors (Lipinski definition) is 1. The maximum atomic E-state index is 13.3. The van der Waals surface area contributed by atoms with Gasteiger partial charge in [-0.05, 0) is 40.0 Å². The number of ether oxygens (including phenoxy) is 1. The van der Waals surface area contributed by atoms with E-state index in [-0.39, 0.29) is 17.9 Å². The Morgan fingerprint density at radius 2 is 2.33 bits per heavy atom. The van der Waals surface area contributed by atoms with Gasteiger partial charge in [0.2, 0.25) is 0 Å². The highest BCUT2D eigenvalue weighted by Crippen LogP contribution is 2.32. The van der Waals surface area contributed by atoms with Gasteiger partial charge in [-0.3, -0.25) is 4.90 Å². The maximum absolute atomic E-state index is 13.3. The van der Waals surface area contributed by atoms with Crippen LogP contribution >= 0.6 is 15.9 Å². The van der Waals surface area contributed by atoms with Crippen LogP contribution in [0.4, 0.5) is 4.39 Å². The van der Waals surface area contributed by atoms with Gasteiger partial charge >= 0.3 is 0 Å². The largest absolute Gasteiger partial charge is 0.383 e. The quantitative estimate of drug-likeness (QED) is 0.926. The molecule has 1 heterocycles. The fraction of sp³-hybridized carbons (Fsp3) is 0.538. The minimum Gasteiger partial charge on any atom is -0.383 e. The van der Waals surface area contributed by atoms with E-state index in [0.29, 0.717) is 11.1 Å². The number of hydrogen-bond acceptors (Lipinski definition) is 3. The number of methoxy groups -OCH3 is 1. The molecule has 5 heteroatoms. The van der Waals surface area contributed by atoms with Crippen molar-refractivity contribution in [2.75, 3.05) is 26.8 Å². The Labute approximate surface area is 115 Å². The van der Waals surface area contributed by atoms with Gasteiger partial charge < -0.3 is 10.5 Å². The van der Waals surface area contributed by atoms with Crippen LogP contribution in [0.2, 0.25) is 0 Å². The summed E-state index contributed by atoms with van der Waals surface area (Å²) in [5, 5.41) is 0. The number of likely N-dealkylation sites (tertiary alicyclic amines) is 1. The predicted molar refractivity (Wildman–Crippen MR) is 72.9 cm³/mol. The Balaban J connectivity index is 2.19. The van der Waals surface area contributed by atoms with Gasteiger partial charge in [-0.2, -0.15) is 0 Å². The van der Waals surface area contributed by atoms with Crippen molar-refractivity contribution in [1.82, 2.24) is 4.90 Å². The molecule has 1 aliphatic heterocycles. The first kappa shape index (κ1) is 13.9. The number of nitrogens with two attached hydrogens (primary N) is 1. The third-order valence-corrected chi connectivity index (χ3v) is 4.02. The summed E-state index contributed by atoms with van der Waals surface area (Å²) in [4.78, 5) is 2.30. The molecule has 2 N–H and O–H groups in total. The second-order valence-corrected chi connectivity index (χ2v) is 5.45. The van der Waals surface area contributed by atoms with Crippen LogP contribution in [0.15, 0.2) is 22.7 Å². The summed E-state index contributed by atoms with van der Waals surface area (Å²) in [5.41, 5.74) is 7.23. The van der Waals surface area contributed by atoms with Crippen LogP contribution in [-0.2, 0) is 4.74 Å². The topological polar surface area (TPSA) is 38.5 Å². The van der Waals surface area contributed by atoms with E-state index in [0.717, 1.165) is 25.1 Å². The summed E-state index contributed by atoms with van der Waals surface area (Å²) in [6.45, 7) is 2.50. The van der Waals surface area contributed by atoms with Crippen LogP contribution in [0, 0.1) is 5.82 Å². The van der Waals surface area contributed by atoms with Gasteiger partial charge in [0.05, 0.1) is 17.1 Å². The molecule has 0 aromatic heterocycles. The van der Waals surface area contributed by atoms with Crippen molar-refractivity contribution in [2.24, 2.45) is 5.73 Å². The van der Waals surface area contributed by atoms with Crippen molar-refractivity contribution in [3.8, 4) is 0 Å². The fourth-order valence-corrected chi connectivity index (χ4v) is 2.89. The summed E-state index contributed by atoms with van der Waals surface area (Å²) in [6.07, 6.45) is 0.962. The van der Waals surface area contributed by atoms with E-state index >= 15 is 0 Å². The van der Waals surface area contributed by atoms with Crippen LogP contribution in [0.3, 0.4) is 0 Å². The molecule has 1 saturated heterocycles. The molecule has 1 aliphatic rings. The van der Waals surface area contributed by atoms with Crippen molar-refractivity contribution in [2.45, 2.75) is 18.5 Å². The number of halogens is 2. The molecule has 0 saturated carbocycles. The van der Waals surface area contributed by atoms with Gasteiger partial charge in [-0.15, -0.1) is 0 Å². The molecule has 2 unspecified atom stereocenters. The zero-order valence-electron chi connectivity index (χ0n) is 10.4. The van der Waals surface area contributed by atoms with Gasteiger partial charge in [0.15, 0.2) is 0 Å². The monoisotopic (exact) mass is 316 g/mol. The minimum atomic E-state index is -0.242. The van der Waals surface area contributed by atoms with Gasteiger partial charge in [0.1, 0.15) is 5.82 Å². The zero-order valence-corrected chi connectivity index (χ0v) is 12.0. The Morgan fingerprint density at radius 1 is 1.56 bits per heavy atom. The summed E-state index contributed by atoms with van der Waals surface area (Å²) >= 11 is 3.23. The molecule has 1 aromatic carbocycles. The van der Waals surface area contributed by atoms with Gasteiger partial charge in [0, 0.05) is 26.2 Å². The maximum Gasteiger partial charge on any atom is 0.137 e. The molecular weight excluding hydrogens is 299 g/mol. The molecule has 1 fully saturated rings. The first-order chi connectivity index (χ1) is 8.63. The van der Waals surface area contributed by atoms with Crippen LogP contribution < -0.4 is 5.73 Å². The average Bonchev–Trinajstić information content (AvgIpc) is 2.71. The molecule has 18 heavy (non-hydrogen) atoms. The molecule has 0 spiro atoms. The van der Waals surface area contributed by atoms with Crippen LogP contribution in [0.25, 0.3) is 0 Å². The third-order valence-electron chi connectivity index (χ3n) is 3.42. The van der Waals surface area contributed by atoms with Crippen molar-refractivity contribution in [1.29, 1.82) is 0 Å². The molecule has 2 atom stereocenters. The Morgan fingerprint density at radius 3 is 3.00 bits per heavy atom. The van der Waals surface area contributed by atoms with Gasteiger partial charge in [-0.25, -0.2) is 4.39 Å². The predicted octanol–water partition coefficient (Wildman–Crippen LogP) is 2.31. The highest BCUT2D eigenvalue weighted by Gasteiger charge is 2.32. The molecule has 100 valence electrons. The molecule has 2 rings (SSSR count). The number of rotatable bonds is 4. The lowest BCUT2D eigenvalue weighted by atomic mass is 10.0. The molecule has 0 amide bonds. The van der Waals surface area contributed by atoms with E-state index in [9.17, 15) is 4.39 Å². The van der Waals surface area contributed by atoms with Gasteiger partial charge in [0.25, 0.3) is 0 Å². The van der Waals surface area contributed by atoms with E-state index in [1.807, 2.05) is 12.1 Å². The van der Waals surface area contributed by atoms with Crippen molar-refractivity contribution in [3.05, 3.63) is 34.1 Å². The smallest absolute Gasteiger partial charge is 0.137 e. The lowest BCUT2D eigenvalue weighted by Gasteiger charge is -2.27. The molecule has 0 bridgehead atoms. The summed E-state index contributed by atoms with van der Waals surface area (Å²) in [7, 11) is 1.69. The highest BCUT2D eigenvalue weighted by atomic mass is 79.9. The number of nitrogens with zero attached hydrogens (tertiary/aromatic N) is 1. The van der Waals surface area contributed by atoms with E-state index in [2.05, 4.69) is 20.8 Å². The fourth-order valence-electron chi connectivity index (χ4n) is 2.50. The first-order valence-corrected chi connectivity index (χ1v) is 6.86. The van der Waals surface area contributed by atoms with Crippen LogP contribution in [0.1, 0.15) is 18.0 Å². The minimum absolute atomic E-state index is 0.0965. The third kappa shape index (κ3) is 2.91. The lowest BCUT2D eigenvalue weighted by Crippen LogP contribution is -2.33.